The lowest BCUT2D eigenvalue weighted by Crippen LogP contribution is -2.15. The van der Waals surface area contributed by atoms with E-state index in [9.17, 15) is 19.7 Å². The molecule has 2 rings (SSSR count). The lowest BCUT2D eigenvalue weighted by atomic mass is 10.1. The number of ether oxygens (including phenoxy) is 1. The van der Waals surface area contributed by atoms with E-state index >= 15 is 0 Å². The second kappa shape index (κ2) is 7.89. The number of carbonyl (C=O) groups excluding carboxylic acids is 2. The second-order valence-corrected chi connectivity index (χ2v) is 6.40. The van der Waals surface area contributed by atoms with Gasteiger partial charge in [0, 0.05) is 22.6 Å². The third kappa shape index (κ3) is 4.03. The van der Waals surface area contributed by atoms with Crippen molar-refractivity contribution in [1.82, 2.24) is 0 Å². The zero-order chi connectivity index (χ0) is 18.6. The highest BCUT2D eigenvalue weighted by molar-refractivity contribution is 7.16. The highest BCUT2D eigenvalue weighted by Gasteiger charge is 2.23. The van der Waals surface area contributed by atoms with E-state index in [0.29, 0.717) is 17.0 Å². The fraction of sp³-hybridized carbons (Fsp3) is 0.294. The van der Waals surface area contributed by atoms with Crippen molar-refractivity contribution in [2.75, 3.05) is 11.9 Å². The maximum absolute atomic E-state index is 12.4. The molecule has 25 heavy (non-hydrogen) atoms. The molecule has 0 aliphatic rings. The van der Waals surface area contributed by atoms with E-state index in [2.05, 4.69) is 5.32 Å². The number of aryl methyl sites for hydroxylation is 1. The first-order valence-electron chi connectivity index (χ1n) is 7.74. The summed E-state index contributed by atoms with van der Waals surface area (Å²) in [7, 11) is 0. The fourth-order valence-electron chi connectivity index (χ4n) is 2.42. The Kier molecular flexibility index (Phi) is 5.87. The van der Waals surface area contributed by atoms with Crippen LogP contribution in [0.1, 0.15) is 45.0 Å². The molecule has 0 radical (unpaired) electrons. The highest BCUT2D eigenvalue weighted by atomic mass is 32.1. The molecule has 1 aromatic heterocycles. The van der Waals surface area contributed by atoms with Crippen LogP contribution in [0.25, 0.3) is 0 Å². The number of anilines is 1. The van der Waals surface area contributed by atoms with Gasteiger partial charge in [-0.1, -0.05) is 6.92 Å². The summed E-state index contributed by atoms with van der Waals surface area (Å²) in [5.74, 6) is -0.910. The monoisotopic (exact) mass is 362 g/mol. The molecule has 0 atom stereocenters. The quantitative estimate of drug-likeness (QED) is 0.476. The summed E-state index contributed by atoms with van der Waals surface area (Å²) in [6.07, 6.45) is 0.643. The number of non-ortho nitro benzene ring substituents is 1. The molecule has 0 spiro atoms. The average Bonchev–Trinajstić information content (AvgIpc) is 2.90. The molecular weight excluding hydrogens is 344 g/mol. The number of benzene rings is 1. The maximum Gasteiger partial charge on any atom is 0.341 e. The zero-order valence-electron chi connectivity index (χ0n) is 14.1. The van der Waals surface area contributed by atoms with Crippen molar-refractivity contribution < 1.29 is 19.2 Å². The van der Waals surface area contributed by atoms with Gasteiger partial charge in [-0.3, -0.25) is 14.9 Å². The summed E-state index contributed by atoms with van der Waals surface area (Å²) in [4.78, 5) is 35.8. The second-order valence-electron chi connectivity index (χ2n) is 5.17. The number of hydrogen-bond acceptors (Lipinski definition) is 6. The molecule has 132 valence electrons. The first kappa shape index (κ1) is 18.6. The van der Waals surface area contributed by atoms with Crippen molar-refractivity contribution in [2.45, 2.75) is 27.2 Å². The van der Waals surface area contributed by atoms with E-state index in [0.717, 1.165) is 10.4 Å². The summed E-state index contributed by atoms with van der Waals surface area (Å²) in [6.45, 7) is 5.78. The van der Waals surface area contributed by atoms with Crippen molar-refractivity contribution >= 4 is 33.9 Å². The van der Waals surface area contributed by atoms with Gasteiger partial charge in [-0.05, 0) is 38.0 Å². The Hall–Kier alpha value is -2.74. The van der Waals surface area contributed by atoms with Crippen LogP contribution in [0.15, 0.2) is 24.3 Å². The van der Waals surface area contributed by atoms with E-state index in [1.807, 2.05) is 13.8 Å². The molecule has 0 bridgehead atoms. The third-order valence-corrected chi connectivity index (χ3v) is 4.67. The minimum absolute atomic E-state index is 0.0935. The van der Waals surface area contributed by atoms with Crippen molar-refractivity contribution in [3.8, 4) is 0 Å². The number of esters is 1. The minimum atomic E-state index is -0.531. The van der Waals surface area contributed by atoms with E-state index in [-0.39, 0.29) is 17.9 Å². The molecule has 0 fully saturated rings. The van der Waals surface area contributed by atoms with Crippen LogP contribution in [0.2, 0.25) is 0 Å². The van der Waals surface area contributed by atoms with E-state index in [1.54, 1.807) is 6.92 Å². The Labute approximate surface area is 148 Å². The van der Waals surface area contributed by atoms with Gasteiger partial charge in [-0.2, -0.15) is 0 Å². The van der Waals surface area contributed by atoms with Crippen molar-refractivity contribution in [3.63, 3.8) is 0 Å². The summed E-state index contributed by atoms with van der Waals surface area (Å²) in [6, 6.07) is 5.27. The number of nitro groups is 1. The molecule has 0 aliphatic heterocycles. The van der Waals surface area contributed by atoms with Crippen LogP contribution in [0.4, 0.5) is 10.7 Å². The highest BCUT2D eigenvalue weighted by Crippen LogP contribution is 2.34. The number of carbonyl (C=O) groups is 2. The Morgan fingerprint density at radius 1 is 1.24 bits per heavy atom. The molecule has 1 aromatic carbocycles. The lowest BCUT2D eigenvalue weighted by Gasteiger charge is -2.08. The summed E-state index contributed by atoms with van der Waals surface area (Å²) < 4.78 is 5.10. The maximum atomic E-state index is 12.4. The van der Waals surface area contributed by atoms with Crippen LogP contribution in [0.5, 0.6) is 0 Å². The Morgan fingerprint density at radius 2 is 1.88 bits per heavy atom. The molecule has 0 saturated heterocycles. The topological polar surface area (TPSA) is 98.5 Å². The SMILES string of the molecule is CCOC(=O)c1c(NC(=O)c2ccc([N+](=O)[O-])cc2)sc(C)c1CC. The molecule has 1 amide bonds. The fourth-order valence-corrected chi connectivity index (χ4v) is 3.55. The van der Waals surface area contributed by atoms with Crippen LogP contribution in [-0.4, -0.2) is 23.4 Å². The number of rotatable bonds is 6. The van der Waals surface area contributed by atoms with Crippen LogP contribution in [0, 0.1) is 17.0 Å². The van der Waals surface area contributed by atoms with E-state index in [4.69, 9.17) is 4.74 Å². The summed E-state index contributed by atoms with van der Waals surface area (Å²) in [5.41, 5.74) is 1.40. The summed E-state index contributed by atoms with van der Waals surface area (Å²) in [5, 5.41) is 13.8. The molecule has 1 N–H and O–H groups in total. The standard InChI is InChI=1S/C17H18N2O5S/c1-4-13-10(3)25-16(14(13)17(21)24-5-2)18-15(20)11-6-8-12(9-7-11)19(22)23/h6-9H,4-5H2,1-3H3,(H,18,20). The molecular formula is C17H18N2O5S. The molecule has 2 aromatic rings. The van der Waals surface area contributed by atoms with Crippen LogP contribution in [-0.2, 0) is 11.2 Å². The van der Waals surface area contributed by atoms with Gasteiger partial charge in [-0.15, -0.1) is 11.3 Å². The number of nitro benzene ring substituents is 1. The lowest BCUT2D eigenvalue weighted by molar-refractivity contribution is -0.384. The predicted molar refractivity (Wildman–Crippen MR) is 95.4 cm³/mol. The van der Waals surface area contributed by atoms with Gasteiger partial charge < -0.3 is 10.1 Å². The van der Waals surface area contributed by atoms with Gasteiger partial charge in [0.05, 0.1) is 17.1 Å². The average molecular weight is 362 g/mol. The van der Waals surface area contributed by atoms with Gasteiger partial charge >= 0.3 is 5.97 Å². The largest absolute Gasteiger partial charge is 0.462 e. The number of nitrogens with one attached hydrogen (secondary N) is 1. The Morgan fingerprint density at radius 3 is 2.40 bits per heavy atom. The molecule has 0 aliphatic carbocycles. The Balaban J connectivity index is 2.31. The van der Waals surface area contributed by atoms with Gasteiger partial charge in [-0.25, -0.2) is 4.79 Å². The molecule has 0 saturated carbocycles. The summed E-state index contributed by atoms with van der Waals surface area (Å²) >= 11 is 1.31. The number of thiophene rings is 1. The van der Waals surface area contributed by atoms with E-state index in [1.165, 1.54) is 35.6 Å². The Bertz CT molecular complexity index is 811. The molecule has 7 nitrogen and oxygen atoms in total. The first-order chi connectivity index (χ1) is 11.9. The smallest absolute Gasteiger partial charge is 0.341 e. The predicted octanol–water partition coefficient (Wildman–Crippen LogP) is 3.96. The van der Waals surface area contributed by atoms with Crippen molar-refractivity contribution in [1.29, 1.82) is 0 Å². The van der Waals surface area contributed by atoms with Gasteiger partial charge in [0.2, 0.25) is 0 Å². The number of hydrogen-bond donors (Lipinski definition) is 1. The molecule has 8 heteroatoms. The van der Waals surface area contributed by atoms with Crippen LogP contribution in [0.3, 0.4) is 0 Å². The van der Waals surface area contributed by atoms with Crippen molar-refractivity contribution in [2.24, 2.45) is 0 Å². The number of nitrogens with zero attached hydrogens (tertiary/aromatic N) is 1. The van der Waals surface area contributed by atoms with Gasteiger partial charge in [0.25, 0.3) is 11.6 Å². The minimum Gasteiger partial charge on any atom is -0.462 e. The zero-order valence-corrected chi connectivity index (χ0v) is 14.9. The van der Waals surface area contributed by atoms with Gasteiger partial charge in [0.1, 0.15) is 5.00 Å². The first-order valence-corrected chi connectivity index (χ1v) is 8.55. The third-order valence-electron chi connectivity index (χ3n) is 3.61. The van der Waals surface area contributed by atoms with Crippen LogP contribution >= 0.6 is 11.3 Å². The van der Waals surface area contributed by atoms with E-state index < -0.39 is 16.8 Å². The van der Waals surface area contributed by atoms with Crippen molar-refractivity contribution in [3.05, 3.63) is 55.9 Å². The number of amides is 1. The normalized spacial score (nSPS) is 10.4. The van der Waals surface area contributed by atoms with Gasteiger partial charge in [0.15, 0.2) is 0 Å². The molecule has 0 unspecified atom stereocenters. The molecule has 1 heterocycles. The van der Waals surface area contributed by atoms with Crippen LogP contribution < -0.4 is 5.32 Å².